The normalized spacial score (nSPS) is 16.8. The van der Waals surface area contributed by atoms with Crippen molar-refractivity contribution < 1.29 is 23.1 Å². The van der Waals surface area contributed by atoms with Gasteiger partial charge in [0.15, 0.2) is 0 Å². The van der Waals surface area contributed by atoms with Crippen molar-refractivity contribution in [2.45, 2.75) is 56.1 Å². The van der Waals surface area contributed by atoms with Crippen LogP contribution in [0.1, 0.15) is 37.3 Å². The van der Waals surface area contributed by atoms with Gasteiger partial charge >= 0.3 is 5.97 Å². The smallest absolute Gasteiger partial charge is 0.327 e. The molecule has 0 spiro atoms. The highest BCUT2D eigenvalue weighted by Gasteiger charge is 2.43. The molecule has 3 rings (SSSR count). The first-order chi connectivity index (χ1) is 15.2. The number of nitrogens with zero attached hydrogens (tertiary/aromatic N) is 1. The summed E-state index contributed by atoms with van der Waals surface area (Å²) in [4.78, 5) is 25.3. The van der Waals surface area contributed by atoms with Crippen molar-refractivity contribution in [3.8, 4) is 0 Å². The quantitative estimate of drug-likeness (QED) is 0.572. The molecule has 0 aliphatic carbocycles. The summed E-state index contributed by atoms with van der Waals surface area (Å²) in [5, 5.41) is 12.9. The average Bonchev–Trinajstić information content (AvgIpc) is 2.77. The lowest BCUT2D eigenvalue weighted by Gasteiger charge is -2.34. The second kappa shape index (κ2) is 10.2. The number of unbranched alkanes of at least 4 members (excludes halogenated alkanes) is 1. The predicted octanol–water partition coefficient (Wildman–Crippen LogP) is 3.87. The molecule has 0 fully saturated rings. The van der Waals surface area contributed by atoms with Crippen molar-refractivity contribution in [1.29, 1.82) is 0 Å². The SMILES string of the molecule is CCCC[C@@H](C(=O)O)N(C(=O)[C@@H]1Cc2ccccc2CN1)S(=O)(=O)c1cc(Cl)ccc1Cl. The number of hydrogen-bond donors (Lipinski definition) is 2. The molecule has 0 bridgehead atoms. The molecule has 1 aliphatic heterocycles. The molecule has 10 heteroatoms. The van der Waals surface area contributed by atoms with E-state index in [1.54, 1.807) is 0 Å². The molecule has 0 unspecified atom stereocenters. The van der Waals surface area contributed by atoms with E-state index in [1.165, 1.54) is 12.1 Å². The van der Waals surface area contributed by atoms with Crippen LogP contribution in [-0.4, -0.2) is 41.8 Å². The third kappa shape index (κ3) is 5.09. The summed E-state index contributed by atoms with van der Waals surface area (Å²) < 4.78 is 27.7. The molecule has 1 amide bonds. The zero-order valence-electron chi connectivity index (χ0n) is 17.4. The lowest BCUT2D eigenvalue weighted by molar-refractivity contribution is -0.147. The first kappa shape index (κ1) is 24.5. The minimum Gasteiger partial charge on any atom is -0.480 e. The summed E-state index contributed by atoms with van der Waals surface area (Å²) in [5.41, 5.74) is 1.91. The van der Waals surface area contributed by atoms with Gasteiger partial charge in [-0.05, 0) is 42.2 Å². The van der Waals surface area contributed by atoms with Gasteiger partial charge in [0.05, 0.1) is 11.1 Å². The number of nitrogens with one attached hydrogen (secondary N) is 1. The molecule has 7 nitrogen and oxygen atoms in total. The number of fused-ring (bicyclic) bond motifs is 1. The number of halogens is 2. The van der Waals surface area contributed by atoms with E-state index in [-0.39, 0.29) is 22.9 Å². The molecule has 32 heavy (non-hydrogen) atoms. The fourth-order valence-corrected chi connectivity index (χ4v) is 6.09. The van der Waals surface area contributed by atoms with Gasteiger partial charge in [-0.15, -0.1) is 0 Å². The van der Waals surface area contributed by atoms with E-state index in [1.807, 2.05) is 31.2 Å². The van der Waals surface area contributed by atoms with Crippen LogP contribution in [0.25, 0.3) is 0 Å². The highest BCUT2D eigenvalue weighted by Crippen LogP contribution is 2.31. The Labute approximate surface area is 197 Å². The molecule has 0 radical (unpaired) electrons. The monoisotopic (exact) mass is 498 g/mol. The molecular weight excluding hydrogens is 475 g/mol. The standard InChI is InChI=1S/C22H24Cl2N2O5S/c1-2-3-8-19(22(28)29)26(32(30,31)20-12-16(23)9-10-17(20)24)21(27)18-11-14-6-4-5-7-15(14)13-25-18/h4-7,9-10,12,18-19,25H,2-3,8,11,13H2,1H3,(H,28,29)/t18-,19-/m0/s1. The van der Waals surface area contributed by atoms with Gasteiger partial charge < -0.3 is 10.4 Å². The summed E-state index contributed by atoms with van der Waals surface area (Å²) in [6, 6.07) is 8.89. The number of amides is 1. The number of rotatable bonds is 8. The first-order valence-corrected chi connectivity index (χ1v) is 12.4. The lowest BCUT2D eigenvalue weighted by atomic mass is 9.95. The molecule has 1 heterocycles. The van der Waals surface area contributed by atoms with Crippen LogP contribution in [0.4, 0.5) is 0 Å². The summed E-state index contributed by atoms with van der Waals surface area (Å²) in [7, 11) is -4.61. The van der Waals surface area contributed by atoms with E-state index < -0.39 is 38.9 Å². The molecule has 0 saturated carbocycles. The van der Waals surface area contributed by atoms with E-state index >= 15 is 0 Å². The average molecular weight is 499 g/mol. The van der Waals surface area contributed by atoms with Gasteiger partial charge in [-0.1, -0.05) is 67.2 Å². The fourth-order valence-electron chi connectivity index (χ4n) is 3.74. The predicted molar refractivity (Wildman–Crippen MR) is 122 cm³/mol. The number of aliphatic carboxylic acids is 1. The van der Waals surface area contributed by atoms with E-state index in [2.05, 4.69) is 5.32 Å². The van der Waals surface area contributed by atoms with Gasteiger partial charge in [-0.3, -0.25) is 4.79 Å². The van der Waals surface area contributed by atoms with Gasteiger partial charge in [-0.2, -0.15) is 0 Å². The highest BCUT2D eigenvalue weighted by atomic mass is 35.5. The highest BCUT2D eigenvalue weighted by molar-refractivity contribution is 7.89. The van der Waals surface area contributed by atoms with Gasteiger partial charge in [0.1, 0.15) is 10.9 Å². The van der Waals surface area contributed by atoms with Crippen LogP contribution in [0.15, 0.2) is 47.4 Å². The number of sulfonamides is 1. The van der Waals surface area contributed by atoms with E-state index in [4.69, 9.17) is 23.2 Å². The Balaban J connectivity index is 2.07. The maximum atomic E-state index is 13.6. The number of carbonyl (C=O) groups excluding carboxylic acids is 1. The summed E-state index contributed by atoms with van der Waals surface area (Å²) in [6.07, 6.45) is 1.29. The van der Waals surface area contributed by atoms with Crippen molar-refractivity contribution in [1.82, 2.24) is 9.62 Å². The van der Waals surface area contributed by atoms with E-state index in [0.29, 0.717) is 23.7 Å². The molecule has 1 aliphatic rings. The lowest BCUT2D eigenvalue weighted by Crippen LogP contribution is -2.56. The third-order valence-electron chi connectivity index (χ3n) is 5.43. The maximum Gasteiger partial charge on any atom is 0.327 e. The Bertz CT molecular complexity index is 1120. The summed E-state index contributed by atoms with van der Waals surface area (Å²) >= 11 is 12.1. The topological polar surface area (TPSA) is 104 Å². The molecule has 172 valence electrons. The molecular formula is C22H24Cl2N2O5S. The van der Waals surface area contributed by atoms with Crippen molar-refractivity contribution in [2.24, 2.45) is 0 Å². The minimum atomic E-state index is -4.61. The Kier molecular flexibility index (Phi) is 7.82. The largest absolute Gasteiger partial charge is 0.480 e. The van der Waals surface area contributed by atoms with Crippen LogP contribution < -0.4 is 5.32 Å². The maximum absolute atomic E-state index is 13.6. The van der Waals surface area contributed by atoms with Crippen molar-refractivity contribution in [3.63, 3.8) is 0 Å². The van der Waals surface area contributed by atoms with Crippen LogP contribution in [0.2, 0.25) is 10.0 Å². The number of benzene rings is 2. The molecule has 2 aromatic rings. The molecule has 0 aromatic heterocycles. The van der Waals surface area contributed by atoms with Crippen molar-refractivity contribution in [2.75, 3.05) is 0 Å². The van der Waals surface area contributed by atoms with Crippen molar-refractivity contribution >= 4 is 45.1 Å². The first-order valence-electron chi connectivity index (χ1n) is 10.2. The van der Waals surface area contributed by atoms with Gasteiger partial charge in [0.2, 0.25) is 0 Å². The Morgan fingerprint density at radius 3 is 2.53 bits per heavy atom. The zero-order chi connectivity index (χ0) is 23.5. The zero-order valence-corrected chi connectivity index (χ0v) is 19.8. The second-order valence-corrected chi connectivity index (χ2v) is 10.2. The molecule has 2 N–H and O–H groups in total. The van der Waals surface area contributed by atoms with Crippen LogP contribution in [0.3, 0.4) is 0 Å². The fraction of sp³-hybridized carbons (Fsp3) is 0.364. The number of carboxylic acids is 1. The number of carbonyl (C=O) groups is 2. The van der Waals surface area contributed by atoms with Crippen LogP contribution in [0.5, 0.6) is 0 Å². The third-order valence-corrected chi connectivity index (χ3v) is 7.95. The van der Waals surface area contributed by atoms with Gasteiger partial charge in [0.25, 0.3) is 15.9 Å². The van der Waals surface area contributed by atoms with Crippen molar-refractivity contribution in [3.05, 3.63) is 63.6 Å². The van der Waals surface area contributed by atoms with Gasteiger partial charge in [-0.25, -0.2) is 17.5 Å². The van der Waals surface area contributed by atoms with Crippen LogP contribution in [-0.2, 0) is 32.6 Å². The van der Waals surface area contributed by atoms with E-state index in [9.17, 15) is 23.1 Å². The summed E-state index contributed by atoms with van der Waals surface area (Å²) in [5.74, 6) is -2.23. The second-order valence-electron chi connectivity index (χ2n) is 7.62. The number of hydrogen-bond acceptors (Lipinski definition) is 5. The minimum absolute atomic E-state index is 0.0156. The number of carboxylic acid groups (broad SMARTS) is 1. The van der Waals surface area contributed by atoms with Crippen LogP contribution in [0, 0.1) is 0 Å². The Morgan fingerprint density at radius 1 is 1.19 bits per heavy atom. The van der Waals surface area contributed by atoms with Crippen LogP contribution >= 0.6 is 23.2 Å². The Hall–Kier alpha value is -2.13. The van der Waals surface area contributed by atoms with Gasteiger partial charge in [0, 0.05) is 11.6 Å². The molecule has 0 saturated heterocycles. The molecule has 2 atom stereocenters. The van der Waals surface area contributed by atoms with E-state index in [0.717, 1.165) is 17.2 Å². The molecule has 2 aromatic carbocycles. The summed E-state index contributed by atoms with van der Waals surface area (Å²) in [6.45, 7) is 2.22. The Morgan fingerprint density at radius 2 is 1.88 bits per heavy atom.